The van der Waals surface area contributed by atoms with Crippen LogP contribution in [0.5, 0.6) is 0 Å². The fourth-order valence-corrected chi connectivity index (χ4v) is 0.905. The van der Waals surface area contributed by atoms with Crippen molar-refractivity contribution in [3.63, 3.8) is 0 Å². The van der Waals surface area contributed by atoms with Crippen molar-refractivity contribution >= 4 is 6.21 Å². The molecule has 0 unspecified atom stereocenters. The molecule has 1 heterocycles. The van der Waals surface area contributed by atoms with Gasteiger partial charge < -0.3 is 10.8 Å². The number of allylic oxidation sites excluding steroid dienone is 1. The molecule has 0 bridgehead atoms. The van der Waals surface area contributed by atoms with Gasteiger partial charge in [0.05, 0.1) is 5.70 Å². The third-order valence-corrected chi connectivity index (χ3v) is 1.80. The van der Waals surface area contributed by atoms with Gasteiger partial charge in [0.1, 0.15) is 5.60 Å². The average molecular weight is 152 g/mol. The lowest BCUT2D eigenvalue weighted by atomic mass is 9.97. The quantitative estimate of drug-likeness (QED) is 0.577. The molecular weight excluding hydrogens is 140 g/mol. The van der Waals surface area contributed by atoms with Crippen molar-refractivity contribution in [1.29, 1.82) is 0 Å². The molecule has 1 atom stereocenters. The smallest absolute Gasteiger partial charge is 0.123 e. The number of hydrogen-bond donors (Lipinski definition) is 2. The molecule has 0 aromatic rings. The summed E-state index contributed by atoms with van der Waals surface area (Å²) in [6.07, 6.45) is 6.98. The number of nitrogens with two attached hydrogens (primary N) is 1. The summed E-state index contributed by atoms with van der Waals surface area (Å²) < 4.78 is 0. The van der Waals surface area contributed by atoms with Crippen molar-refractivity contribution in [1.82, 2.24) is 0 Å². The predicted molar refractivity (Wildman–Crippen MR) is 45.1 cm³/mol. The second kappa shape index (κ2) is 2.88. The highest BCUT2D eigenvalue weighted by Crippen LogP contribution is 2.19. The molecule has 60 valence electrons. The Morgan fingerprint density at radius 2 is 2.45 bits per heavy atom. The minimum absolute atomic E-state index is 0.394. The van der Waals surface area contributed by atoms with Crippen LogP contribution in [0.15, 0.2) is 29.0 Å². The highest BCUT2D eigenvalue weighted by molar-refractivity contribution is 5.73. The number of rotatable bonds is 1. The van der Waals surface area contributed by atoms with Gasteiger partial charge in [0.15, 0.2) is 0 Å². The van der Waals surface area contributed by atoms with E-state index in [4.69, 9.17) is 5.73 Å². The van der Waals surface area contributed by atoms with E-state index in [1.807, 2.05) is 6.92 Å². The highest BCUT2D eigenvalue weighted by atomic mass is 16.3. The van der Waals surface area contributed by atoms with Gasteiger partial charge in [-0.1, -0.05) is 6.92 Å². The van der Waals surface area contributed by atoms with E-state index in [9.17, 15) is 5.11 Å². The maximum Gasteiger partial charge on any atom is 0.123 e. The number of nitrogens with zero attached hydrogens (tertiary/aromatic N) is 1. The largest absolute Gasteiger partial charge is 0.398 e. The van der Waals surface area contributed by atoms with Crippen molar-refractivity contribution < 1.29 is 5.11 Å². The fraction of sp³-hybridized carbons (Fsp3) is 0.375. The SMILES string of the molecule is CC[C@]1(O)C=CC=NC=C1N. The summed E-state index contributed by atoms with van der Waals surface area (Å²) in [4.78, 5) is 3.84. The first-order valence-corrected chi connectivity index (χ1v) is 3.58. The minimum Gasteiger partial charge on any atom is -0.398 e. The van der Waals surface area contributed by atoms with Crippen molar-refractivity contribution in [2.45, 2.75) is 18.9 Å². The molecule has 1 aliphatic rings. The summed E-state index contributed by atoms with van der Waals surface area (Å²) in [5.41, 5.74) is 4.96. The molecule has 3 N–H and O–H groups in total. The van der Waals surface area contributed by atoms with Crippen LogP contribution in [-0.2, 0) is 0 Å². The van der Waals surface area contributed by atoms with E-state index in [1.54, 1.807) is 18.4 Å². The normalized spacial score (nSPS) is 29.8. The zero-order valence-corrected chi connectivity index (χ0v) is 6.49. The average Bonchev–Trinajstić information content (AvgIpc) is 2.16. The molecule has 0 aliphatic carbocycles. The van der Waals surface area contributed by atoms with Crippen LogP contribution in [0.2, 0.25) is 0 Å². The first-order valence-electron chi connectivity index (χ1n) is 3.58. The maximum atomic E-state index is 9.77. The lowest BCUT2D eigenvalue weighted by Crippen LogP contribution is -2.31. The van der Waals surface area contributed by atoms with Crippen LogP contribution in [0, 0.1) is 0 Å². The summed E-state index contributed by atoms with van der Waals surface area (Å²) in [5.74, 6) is 0. The van der Waals surface area contributed by atoms with Gasteiger partial charge >= 0.3 is 0 Å². The van der Waals surface area contributed by atoms with Crippen LogP contribution in [0.1, 0.15) is 13.3 Å². The van der Waals surface area contributed by atoms with Gasteiger partial charge in [0.2, 0.25) is 0 Å². The molecule has 0 radical (unpaired) electrons. The Hall–Kier alpha value is -1.09. The van der Waals surface area contributed by atoms with Crippen LogP contribution in [-0.4, -0.2) is 16.9 Å². The van der Waals surface area contributed by atoms with Crippen molar-refractivity contribution in [3.05, 3.63) is 24.0 Å². The van der Waals surface area contributed by atoms with E-state index in [2.05, 4.69) is 4.99 Å². The Kier molecular flexibility index (Phi) is 2.10. The van der Waals surface area contributed by atoms with Gasteiger partial charge in [-0.05, 0) is 18.6 Å². The standard InChI is InChI=1S/C8H12N2O/c1-2-8(11)4-3-5-10-6-7(8)9/h3-6,11H,2,9H2,1H3/t8-/m0/s1. The highest BCUT2D eigenvalue weighted by Gasteiger charge is 2.24. The van der Waals surface area contributed by atoms with E-state index < -0.39 is 5.60 Å². The molecule has 0 fully saturated rings. The first-order chi connectivity index (χ1) is 5.19. The fourth-order valence-electron chi connectivity index (χ4n) is 0.905. The van der Waals surface area contributed by atoms with Gasteiger partial charge in [-0.2, -0.15) is 0 Å². The summed E-state index contributed by atoms with van der Waals surface area (Å²) in [5, 5.41) is 9.77. The van der Waals surface area contributed by atoms with E-state index in [0.717, 1.165) is 0 Å². The number of hydrogen-bond acceptors (Lipinski definition) is 3. The van der Waals surface area contributed by atoms with E-state index in [0.29, 0.717) is 12.1 Å². The molecule has 0 saturated carbocycles. The molecule has 0 spiro atoms. The Labute approximate surface area is 65.9 Å². The monoisotopic (exact) mass is 152 g/mol. The summed E-state index contributed by atoms with van der Waals surface area (Å²) in [6.45, 7) is 1.87. The summed E-state index contributed by atoms with van der Waals surface area (Å²) in [6, 6.07) is 0. The molecule has 1 aliphatic heterocycles. The van der Waals surface area contributed by atoms with Crippen LogP contribution in [0.4, 0.5) is 0 Å². The van der Waals surface area contributed by atoms with Crippen LogP contribution in [0.3, 0.4) is 0 Å². The minimum atomic E-state index is -1.00. The van der Waals surface area contributed by atoms with E-state index in [1.165, 1.54) is 6.20 Å². The van der Waals surface area contributed by atoms with Gasteiger partial charge in [-0.25, -0.2) is 0 Å². The Morgan fingerprint density at radius 1 is 1.73 bits per heavy atom. The second-order valence-electron chi connectivity index (χ2n) is 2.52. The van der Waals surface area contributed by atoms with Crippen molar-refractivity contribution in [3.8, 4) is 0 Å². The predicted octanol–water partition coefficient (Wildman–Crippen LogP) is 0.568. The Bertz CT molecular complexity index is 230. The van der Waals surface area contributed by atoms with Crippen LogP contribution in [0.25, 0.3) is 0 Å². The van der Waals surface area contributed by atoms with Crippen LogP contribution < -0.4 is 5.73 Å². The van der Waals surface area contributed by atoms with Crippen LogP contribution >= 0.6 is 0 Å². The molecule has 0 aromatic heterocycles. The second-order valence-corrected chi connectivity index (χ2v) is 2.52. The van der Waals surface area contributed by atoms with E-state index >= 15 is 0 Å². The van der Waals surface area contributed by atoms with Gasteiger partial charge in [0, 0.05) is 12.4 Å². The molecule has 3 heteroatoms. The topological polar surface area (TPSA) is 58.6 Å². The molecule has 11 heavy (non-hydrogen) atoms. The van der Waals surface area contributed by atoms with Gasteiger partial charge in [0.25, 0.3) is 0 Å². The van der Waals surface area contributed by atoms with Crippen molar-refractivity contribution in [2.24, 2.45) is 10.7 Å². The molecule has 0 saturated heterocycles. The van der Waals surface area contributed by atoms with Gasteiger partial charge in [-0.3, -0.25) is 4.99 Å². The number of aliphatic hydroxyl groups is 1. The third-order valence-electron chi connectivity index (χ3n) is 1.80. The first kappa shape index (κ1) is 8.01. The lowest BCUT2D eigenvalue weighted by molar-refractivity contribution is 0.124. The molecule has 0 aromatic carbocycles. The zero-order chi connectivity index (χ0) is 8.32. The molecule has 0 amide bonds. The molecule has 1 rings (SSSR count). The lowest BCUT2D eigenvalue weighted by Gasteiger charge is -2.21. The Morgan fingerprint density at radius 3 is 3.09 bits per heavy atom. The third kappa shape index (κ3) is 1.49. The zero-order valence-electron chi connectivity index (χ0n) is 6.49. The Balaban J connectivity index is 2.97. The van der Waals surface area contributed by atoms with E-state index in [-0.39, 0.29) is 0 Å². The van der Waals surface area contributed by atoms with Gasteiger partial charge in [-0.15, -0.1) is 0 Å². The maximum absolute atomic E-state index is 9.77. The number of aliphatic imine (C=N–C) groups is 1. The molecular formula is C8H12N2O. The van der Waals surface area contributed by atoms with Crippen molar-refractivity contribution in [2.75, 3.05) is 0 Å². The summed E-state index contributed by atoms with van der Waals surface area (Å²) in [7, 11) is 0. The summed E-state index contributed by atoms with van der Waals surface area (Å²) >= 11 is 0. The molecule has 3 nitrogen and oxygen atoms in total.